The molecule has 4 heteroatoms. The van der Waals surface area contributed by atoms with Gasteiger partial charge in [0.25, 0.3) is 0 Å². The van der Waals surface area contributed by atoms with Gasteiger partial charge in [-0.25, -0.2) is 9.97 Å². The number of rotatable bonds is 3. The molecule has 0 bridgehead atoms. The van der Waals surface area contributed by atoms with Gasteiger partial charge in [0.1, 0.15) is 10.4 Å². The molecular formula is C7H8BrN3. The van der Waals surface area contributed by atoms with E-state index in [9.17, 15) is 0 Å². The van der Waals surface area contributed by atoms with Crippen molar-refractivity contribution in [1.82, 2.24) is 9.97 Å². The maximum atomic E-state index is 4.05. The number of hydrogen-bond donors (Lipinski definition) is 1. The number of nitrogens with zero attached hydrogens (tertiary/aromatic N) is 2. The molecule has 1 rings (SSSR count). The molecule has 0 aliphatic rings. The Hall–Kier alpha value is -0.900. The number of nitrogens with one attached hydrogen (secondary N) is 1. The van der Waals surface area contributed by atoms with Gasteiger partial charge in [0, 0.05) is 6.54 Å². The van der Waals surface area contributed by atoms with E-state index in [2.05, 4.69) is 37.8 Å². The van der Waals surface area contributed by atoms with Crippen molar-refractivity contribution in [3.05, 3.63) is 29.7 Å². The fourth-order valence-corrected chi connectivity index (χ4v) is 0.785. The largest absolute Gasteiger partial charge is 0.365 e. The van der Waals surface area contributed by atoms with Crippen LogP contribution < -0.4 is 5.32 Å². The Bertz CT molecular complexity index is 232. The number of halogens is 1. The maximum absolute atomic E-state index is 4.05. The molecule has 0 spiro atoms. The van der Waals surface area contributed by atoms with E-state index in [0.717, 1.165) is 10.4 Å². The molecule has 58 valence electrons. The molecule has 0 aliphatic heterocycles. The first kappa shape index (κ1) is 8.20. The van der Waals surface area contributed by atoms with Crippen molar-refractivity contribution in [2.24, 2.45) is 0 Å². The number of hydrogen-bond acceptors (Lipinski definition) is 3. The highest BCUT2D eigenvalue weighted by Gasteiger charge is 1.90. The minimum absolute atomic E-state index is 0.705. The predicted octanol–water partition coefficient (Wildman–Crippen LogP) is 1.84. The van der Waals surface area contributed by atoms with Gasteiger partial charge in [-0.3, -0.25) is 0 Å². The molecular weight excluding hydrogens is 206 g/mol. The van der Waals surface area contributed by atoms with E-state index < -0.39 is 0 Å². The van der Waals surface area contributed by atoms with E-state index in [4.69, 9.17) is 0 Å². The lowest BCUT2D eigenvalue weighted by molar-refractivity contribution is 1.13. The van der Waals surface area contributed by atoms with Crippen LogP contribution >= 0.6 is 15.9 Å². The SMILES string of the molecule is C=CCNc1cnc(Br)cn1. The van der Waals surface area contributed by atoms with Gasteiger partial charge in [-0.05, 0) is 15.9 Å². The van der Waals surface area contributed by atoms with Crippen LogP contribution in [0.3, 0.4) is 0 Å². The highest BCUT2D eigenvalue weighted by atomic mass is 79.9. The summed E-state index contributed by atoms with van der Waals surface area (Å²) >= 11 is 3.19. The molecule has 1 heterocycles. The molecule has 0 atom stereocenters. The van der Waals surface area contributed by atoms with Crippen LogP contribution in [0.1, 0.15) is 0 Å². The van der Waals surface area contributed by atoms with Gasteiger partial charge in [-0.1, -0.05) is 6.08 Å². The fraction of sp³-hybridized carbons (Fsp3) is 0.143. The minimum Gasteiger partial charge on any atom is -0.365 e. The van der Waals surface area contributed by atoms with Gasteiger partial charge in [0.15, 0.2) is 0 Å². The van der Waals surface area contributed by atoms with E-state index in [1.807, 2.05) is 0 Å². The van der Waals surface area contributed by atoms with Crippen molar-refractivity contribution in [3.63, 3.8) is 0 Å². The van der Waals surface area contributed by atoms with E-state index >= 15 is 0 Å². The molecule has 0 radical (unpaired) electrons. The van der Waals surface area contributed by atoms with Crippen LogP contribution in [0.4, 0.5) is 5.82 Å². The monoisotopic (exact) mass is 213 g/mol. The second kappa shape index (κ2) is 4.08. The Morgan fingerprint density at radius 3 is 2.91 bits per heavy atom. The van der Waals surface area contributed by atoms with E-state index in [1.165, 1.54) is 0 Å². The van der Waals surface area contributed by atoms with Crippen LogP contribution in [0.15, 0.2) is 29.7 Å². The minimum atomic E-state index is 0.705. The lowest BCUT2D eigenvalue weighted by Crippen LogP contribution is -2.00. The van der Waals surface area contributed by atoms with Gasteiger partial charge in [0.05, 0.1) is 12.4 Å². The van der Waals surface area contributed by atoms with Crippen molar-refractivity contribution < 1.29 is 0 Å². The topological polar surface area (TPSA) is 37.8 Å². The van der Waals surface area contributed by atoms with E-state index in [-0.39, 0.29) is 0 Å². The van der Waals surface area contributed by atoms with E-state index in [1.54, 1.807) is 18.5 Å². The van der Waals surface area contributed by atoms with Crippen LogP contribution in [0.5, 0.6) is 0 Å². The lowest BCUT2D eigenvalue weighted by atomic mass is 10.6. The van der Waals surface area contributed by atoms with Crippen molar-refractivity contribution in [2.75, 3.05) is 11.9 Å². The summed E-state index contributed by atoms with van der Waals surface area (Å²) in [5, 5.41) is 3.01. The third-order valence-electron chi connectivity index (χ3n) is 1.05. The van der Waals surface area contributed by atoms with Gasteiger partial charge in [-0.15, -0.1) is 6.58 Å². The number of aromatic nitrogens is 2. The zero-order valence-electron chi connectivity index (χ0n) is 5.92. The zero-order valence-corrected chi connectivity index (χ0v) is 7.50. The smallest absolute Gasteiger partial charge is 0.144 e. The van der Waals surface area contributed by atoms with Gasteiger partial charge < -0.3 is 5.32 Å². The second-order valence-corrected chi connectivity index (χ2v) is 2.71. The Morgan fingerprint density at radius 2 is 2.36 bits per heavy atom. The first-order chi connectivity index (χ1) is 5.33. The summed E-state index contributed by atoms with van der Waals surface area (Å²) in [6.45, 7) is 4.28. The van der Waals surface area contributed by atoms with Crippen LogP contribution in [-0.4, -0.2) is 16.5 Å². The molecule has 3 nitrogen and oxygen atoms in total. The molecule has 0 saturated heterocycles. The summed E-state index contributed by atoms with van der Waals surface area (Å²) in [5.74, 6) is 0.758. The first-order valence-electron chi connectivity index (χ1n) is 3.15. The van der Waals surface area contributed by atoms with Crippen LogP contribution in [0.2, 0.25) is 0 Å². The third kappa shape index (κ3) is 2.67. The lowest BCUT2D eigenvalue weighted by Gasteiger charge is -1.99. The zero-order chi connectivity index (χ0) is 8.10. The van der Waals surface area contributed by atoms with Crippen LogP contribution in [-0.2, 0) is 0 Å². The average molecular weight is 214 g/mol. The van der Waals surface area contributed by atoms with Gasteiger partial charge in [0.2, 0.25) is 0 Å². The van der Waals surface area contributed by atoms with Crippen molar-refractivity contribution in [1.29, 1.82) is 0 Å². The number of anilines is 1. The summed E-state index contributed by atoms with van der Waals surface area (Å²) in [6, 6.07) is 0. The molecule has 0 aromatic carbocycles. The molecule has 0 fully saturated rings. The maximum Gasteiger partial charge on any atom is 0.144 e. The molecule has 1 aromatic heterocycles. The summed E-state index contributed by atoms with van der Waals surface area (Å²) < 4.78 is 0.738. The van der Waals surface area contributed by atoms with Crippen molar-refractivity contribution in [2.45, 2.75) is 0 Å². The molecule has 0 aliphatic carbocycles. The summed E-state index contributed by atoms with van der Waals surface area (Å²) in [6.07, 6.45) is 5.07. The summed E-state index contributed by atoms with van der Waals surface area (Å²) in [7, 11) is 0. The summed E-state index contributed by atoms with van der Waals surface area (Å²) in [5.41, 5.74) is 0. The molecule has 0 unspecified atom stereocenters. The van der Waals surface area contributed by atoms with Gasteiger partial charge >= 0.3 is 0 Å². The highest BCUT2D eigenvalue weighted by molar-refractivity contribution is 9.10. The van der Waals surface area contributed by atoms with Crippen molar-refractivity contribution in [3.8, 4) is 0 Å². The Labute approximate surface area is 73.7 Å². The van der Waals surface area contributed by atoms with Crippen LogP contribution in [0, 0.1) is 0 Å². The molecule has 1 N–H and O–H groups in total. The van der Waals surface area contributed by atoms with Crippen LogP contribution in [0.25, 0.3) is 0 Å². The normalized spacial score (nSPS) is 9.18. The Kier molecular flexibility index (Phi) is 3.04. The van der Waals surface area contributed by atoms with Crippen molar-refractivity contribution >= 4 is 21.7 Å². The third-order valence-corrected chi connectivity index (χ3v) is 1.46. The Morgan fingerprint density at radius 1 is 1.55 bits per heavy atom. The molecule has 0 saturated carbocycles. The first-order valence-corrected chi connectivity index (χ1v) is 3.94. The molecule has 0 amide bonds. The second-order valence-electron chi connectivity index (χ2n) is 1.89. The van der Waals surface area contributed by atoms with Gasteiger partial charge in [-0.2, -0.15) is 0 Å². The average Bonchev–Trinajstić information content (AvgIpc) is 2.04. The molecule has 11 heavy (non-hydrogen) atoms. The van der Waals surface area contributed by atoms with E-state index in [0.29, 0.717) is 6.54 Å². The molecule has 1 aromatic rings. The standard InChI is InChI=1S/C7H8BrN3/c1-2-3-9-7-5-10-6(8)4-11-7/h2,4-5H,1,3H2,(H,9,11). The Balaban J connectivity index is 2.58. The quantitative estimate of drug-likeness (QED) is 0.780. The highest BCUT2D eigenvalue weighted by Crippen LogP contribution is 2.05. The fourth-order valence-electron chi connectivity index (χ4n) is 0.580. The predicted molar refractivity (Wildman–Crippen MR) is 48.4 cm³/mol. The summed E-state index contributed by atoms with van der Waals surface area (Å²) in [4.78, 5) is 8.04.